The molecule has 0 heterocycles. The Labute approximate surface area is 101 Å². The molecule has 17 heavy (non-hydrogen) atoms. The van der Waals surface area contributed by atoms with Crippen molar-refractivity contribution in [3.8, 4) is 0 Å². The summed E-state index contributed by atoms with van der Waals surface area (Å²) in [7, 11) is -3.58. The van der Waals surface area contributed by atoms with Crippen molar-refractivity contribution in [2.45, 2.75) is 41.9 Å². The van der Waals surface area contributed by atoms with E-state index < -0.39 is 20.9 Å². The lowest BCUT2D eigenvalue weighted by Gasteiger charge is -2.26. The van der Waals surface area contributed by atoms with Crippen LogP contribution in [0.5, 0.6) is 0 Å². The number of halogens is 1. The third kappa shape index (κ3) is 2.50. The molecule has 0 aromatic heterocycles. The highest BCUT2D eigenvalue weighted by Crippen LogP contribution is 2.29. The van der Waals surface area contributed by atoms with Gasteiger partial charge in [-0.25, -0.2) is 12.8 Å². The summed E-state index contributed by atoms with van der Waals surface area (Å²) >= 11 is 0. The maximum atomic E-state index is 13.5. The Kier molecular flexibility index (Phi) is 3.49. The van der Waals surface area contributed by atoms with Crippen molar-refractivity contribution in [3.63, 3.8) is 0 Å². The lowest BCUT2D eigenvalue weighted by atomic mass is 9.96. The largest absolute Gasteiger partial charge is 0.328 e. The minimum atomic E-state index is -3.58. The molecule has 0 bridgehead atoms. The van der Waals surface area contributed by atoms with Crippen LogP contribution in [0, 0.1) is 5.82 Å². The van der Waals surface area contributed by atoms with E-state index in [1.165, 1.54) is 18.2 Å². The fourth-order valence-electron chi connectivity index (χ4n) is 2.32. The topological polar surface area (TPSA) is 60.2 Å². The van der Waals surface area contributed by atoms with Crippen LogP contribution in [0.4, 0.5) is 4.39 Å². The second-order valence-electron chi connectivity index (χ2n) is 4.52. The van der Waals surface area contributed by atoms with Crippen molar-refractivity contribution in [2.75, 3.05) is 0 Å². The molecule has 1 aliphatic carbocycles. The first-order valence-electron chi connectivity index (χ1n) is 5.76. The predicted octanol–water partition coefficient (Wildman–Crippen LogP) is 1.87. The van der Waals surface area contributed by atoms with Gasteiger partial charge in [-0.05, 0) is 31.4 Å². The van der Waals surface area contributed by atoms with Crippen LogP contribution >= 0.6 is 0 Å². The van der Waals surface area contributed by atoms with E-state index in [0.717, 1.165) is 12.8 Å². The lowest BCUT2D eigenvalue weighted by molar-refractivity contribution is 0.431. The number of hydrogen-bond acceptors (Lipinski definition) is 3. The highest BCUT2D eigenvalue weighted by Gasteiger charge is 2.33. The van der Waals surface area contributed by atoms with Crippen molar-refractivity contribution < 1.29 is 12.8 Å². The zero-order chi connectivity index (χ0) is 12.5. The molecule has 1 saturated carbocycles. The molecule has 2 N–H and O–H groups in total. The van der Waals surface area contributed by atoms with Crippen LogP contribution in [0.3, 0.4) is 0 Å². The molecule has 2 unspecified atom stereocenters. The summed E-state index contributed by atoms with van der Waals surface area (Å²) in [5.74, 6) is -0.674. The molecule has 0 spiro atoms. The summed E-state index contributed by atoms with van der Waals surface area (Å²) in [5, 5.41) is -0.539. The van der Waals surface area contributed by atoms with E-state index in [9.17, 15) is 12.8 Å². The number of sulfone groups is 1. The zero-order valence-electron chi connectivity index (χ0n) is 9.47. The summed E-state index contributed by atoms with van der Waals surface area (Å²) in [5.41, 5.74) is 5.78. The molecule has 0 amide bonds. The van der Waals surface area contributed by atoms with E-state index >= 15 is 0 Å². The Bertz CT molecular complexity index is 501. The molecule has 0 saturated heterocycles. The first kappa shape index (κ1) is 12.5. The predicted molar refractivity (Wildman–Crippen MR) is 63.8 cm³/mol. The number of rotatable bonds is 2. The maximum absolute atomic E-state index is 13.5. The minimum absolute atomic E-state index is 0.0877. The normalized spacial score (nSPS) is 25.8. The summed E-state index contributed by atoms with van der Waals surface area (Å²) < 4.78 is 38.0. The summed E-state index contributed by atoms with van der Waals surface area (Å²) in [6.45, 7) is 0. The van der Waals surface area contributed by atoms with Crippen LogP contribution in [0.25, 0.3) is 0 Å². The Balaban J connectivity index is 2.33. The van der Waals surface area contributed by atoms with Crippen LogP contribution in [0.1, 0.15) is 25.7 Å². The molecule has 0 aliphatic heterocycles. The van der Waals surface area contributed by atoms with Crippen molar-refractivity contribution in [2.24, 2.45) is 5.73 Å². The van der Waals surface area contributed by atoms with Gasteiger partial charge in [0.2, 0.25) is 0 Å². The Morgan fingerprint density at radius 2 is 1.94 bits per heavy atom. The molecule has 2 rings (SSSR count). The van der Waals surface area contributed by atoms with Gasteiger partial charge < -0.3 is 5.73 Å². The van der Waals surface area contributed by atoms with Crippen LogP contribution in [0.15, 0.2) is 29.2 Å². The zero-order valence-corrected chi connectivity index (χ0v) is 10.3. The highest BCUT2D eigenvalue weighted by molar-refractivity contribution is 7.92. The van der Waals surface area contributed by atoms with Crippen molar-refractivity contribution in [1.29, 1.82) is 0 Å². The summed E-state index contributed by atoms with van der Waals surface area (Å²) in [4.78, 5) is -0.195. The molecule has 0 radical (unpaired) electrons. The first-order chi connectivity index (χ1) is 8.01. The molecule has 1 fully saturated rings. The maximum Gasteiger partial charge on any atom is 0.184 e. The summed E-state index contributed by atoms with van der Waals surface area (Å²) in [6.07, 6.45) is 2.64. The van der Waals surface area contributed by atoms with Gasteiger partial charge in [-0.15, -0.1) is 0 Å². The molecule has 5 heteroatoms. The third-order valence-electron chi connectivity index (χ3n) is 3.25. The quantitative estimate of drug-likeness (QED) is 0.879. The van der Waals surface area contributed by atoms with Gasteiger partial charge in [0, 0.05) is 6.04 Å². The van der Waals surface area contributed by atoms with Gasteiger partial charge in [-0.2, -0.15) is 0 Å². The standard InChI is InChI=1S/C12H16FNO2S/c13-11-6-1-2-7-12(11)17(15,16)10-5-3-4-9(14)8-10/h1-2,6-7,9-10H,3-5,8,14H2. The average molecular weight is 257 g/mol. The van der Waals surface area contributed by atoms with E-state index in [0.29, 0.717) is 12.8 Å². The van der Waals surface area contributed by atoms with Crippen LogP contribution in [-0.2, 0) is 9.84 Å². The smallest absolute Gasteiger partial charge is 0.184 e. The Morgan fingerprint density at radius 3 is 2.59 bits per heavy atom. The highest BCUT2D eigenvalue weighted by atomic mass is 32.2. The van der Waals surface area contributed by atoms with Gasteiger partial charge in [0.05, 0.1) is 5.25 Å². The Hall–Kier alpha value is -0.940. The SMILES string of the molecule is NC1CCCC(S(=O)(=O)c2ccccc2F)C1. The van der Waals surface area contributed by atoms with Crippen molar-refractivity contribution in [1.82, 2.24) is 0 Å². The number of hydrogen-bond donors (Lipinski definition) is 1. The van der Waals surface area contributed by atoms with Crippen molar-refractivity contribution >= 4 is 9.84 Å². The molecule has 1 aromatic rings. The second-order valence-corrected chi connectivity index (χ2v) is 6.72. The van der Waals surface area contributed by atoms with Gasteiger partial charge in [-0.1, -0.05) is 18.6 Å². The molecule has 3 nitrogen and oxygen atoms in total. The van der Waals surface area contributed by atoms with Gasteiger partial charge in [0.25, 0.3) is 0 Å². The van der Waals surface area contributed by atoms with Crippen LogP contribution < -0.4 is 5.73 Å². The average Bonchev–Trinajstić information content (AvgIpc) is 2.29. The van der Waals surface area contributed by atoms with Gasteiger partial charge >= 0.3 is 0 Å². The lowest BCUT2D eigenvalue weighted by Crippen LogP contribution is -2.35. The second kappa shape index (κ2) is 4.74. The van der Waals surface area contributed by atoms with Crippen molar-refractivity contribution in [3.05, 3.63) is 30.1 Å². The third-order valence-corrected chi connectivity index (χ3v) is 5.50. The molecule has 94 valence electrons. The molecule has 1 aliphatic rings. The van der Waals surface area contributed by atoms with Gasteiger partial charge in [0.1, 0.15) is 10.7 Å². The van der Waals surface area contributed by atoms with Crippen LogP contribution in [0.2, 0.25) is 0 Å². The monoisotopic (exact) mass is 257 g/mol. The Morgan fingerprint density at radius 1 is 1.24 bits per heavy atom. The van der Waals surface area contributed by atoms with Gasteiger partial charge in [0.15, 0.2) is 9.84 Å². The molecule has 1 aromatic carbocycles. The number of benzene rings is 1. The van der Waals surface area contributed by atoms with E-state index in [-0.39, 0.29) is 10.9 Å². The first-order valence-corrected chi connectivity index (χ1v) is 7.30. The van der Waals surface area contributed by atoms with E-state index in [4.69, 9.17) is 5.73 Å². The number of nitrogens with two attached hydrogens (primary N) is 1. The fraction of sp³-hybridized carbons (Fsp3) is 0.500. The van der Waals surface area contributed by atoms with Gasteiger partial charge in [-0.3, -0.25) is 0 Å². The van der Waals surface area contributed by atoms with E-state index in [1.807, 2.05) is 0 Å². The molecular formula is C12H16FNO2S. The van der Waals surface area contributed by atoms with E-state index in [2.05, 4.69) is 0 Å². The van der Waals surface area contributed by atoms with Crippen LogP contribution in [-0.4, -0.2) is 19.7 Å². The summed E-state index contributed by atoms with van der Waals surface area (Å²) in [6, 6.07) is 5.44. The molecule has 2 atom stereocenters. The molecular weight excluding hydrogens is 241 g/mol. The fourth-order valence-corrected chi connectivity index (χ4v) is 4.26. The minimum Gasteiger partial charge on any atom is -0.328 e. The van der Waals surface area contributed by atoms with E-state index in [1.54, 1.807) is 6.07 Å².